The van der Waals surface area contributed by atoms with Crippen molar-refractivity contribution in [2.24, 2.45) is 0 Å². The Morgan fingerprint density at radius 3 is 0.737 bits per heavy atom. The second-order valence-electron chi connectivity index (χ2n) is 17.9. The van der Waals surface area contributed by atoms with E-state index in [-0.39, 0.29) is 22.6 Å². The summed E-state index contributed by atoms with van der Waals surface area (Å²) >= 11 is 0. The number of alkyl halides is 24. The molecule has 29 heteroatoms. The van der Waals surface area contributed by atoms with Crippen LogP contribution in [0, 0.1) is 0 Å². The van der Waals surface area contributed by atoms with Crippen molar-refractivity contribution in [2.45, 2.75) is 75.8 Å². The minimum Gasteiger partial charge on any atom is -0.456 e. The number of ether oxygens (including phenoxy) is 1. The summed E-state index contributed by atoms with van der Waals surface area (Å²) in [4.78, 5) is 23.7. The number of esters is 1. The number of Topliss-reactive ketones (excluding diaryl/α,β-unsaturated/α-hetero) is 1. The van der Waals surface area contributed by atoms with Crippen LogP contribution in [0.4, 0.5) is 105 Å². The van der Waals surface area contributed by atoms with Crippen LogP contribution >= 0.6 is 0 Å². The second kappa shape index (κ2) is 21.1. The zero-order chi connectivity index (χ0) is 58.5. The van der Waals surface area contributed by atoms with Crippen molar-refractivity contribution in [3.63, 3.8) is 0 Å². The fourth-order valence-electron chi connectivity index (χ4n) is 7.55. The highest BCUT2D eigenvalue weighted by atomic mass is 32.2. The molecule has 5 aromatic rings. The molecule has 5 aromatic carbocycles. The van der Waals surface area contributed by atoms with Crippen molar-refractivity contribution >= 4 is 50.6 Å². The molecule has 3 nitrogen and oxygen atoms in total. The van der Waals surface area contributed by atoms with Crippen molar-refractivity contribution in [3.8, 4) is 0 Å². The Morgan fingerprint density at radius 1 is 0.368 bits per heavy atom. The van der Waals surface area contributed by atoms with Gasteiger partial charge in [0.15, 0.2) is 5.75 Å². The van der Waals surface area contributed by atoms with E-state index in [0.717, 1.165) is 0 Å². The van der Waals surface area contributed by atoms with Gasteiger partial charge in [-0.3, -0.25) is 4.79 Å². The maximum Gasteiger partial charge on any atom is 0.416 e. The van der Waals surface area contributed by atoms with Crippen molar-refractivity contribution in [2.75, 3.05) is 18.3 Å². The lowest BCUT2D eigenvalue weighted by Crippen LogP contribution is -2.75. The molecule has 0 saturated heterocycles. The zero-order valence-electron chi connectivity index (χ0n) is 38.7. The van der Waals surface area contributed by atoms with E-state index in [1.165, 1.54) is 0 Å². The van der Waals surface area contributed by atoms with E-state index in [4.69, 9.17) is 4.74 Å². The molecule has 416 valence electrons. The van der Waals surface area contributed by atoms with Crippen LogP contribution in [0.15, 0.2) is 97.1 Å². The van der Waals surface area contributed by atoms with Crippen molar-refractivity contribution in [3.05, 3.63) is 153 Å². The molecule has 76 heavy (non-hydrogen) atoms. The van der Waals surface area contributed by atoms with Gasteiger partial charge in [0, 0.05) is 5.56 Å². The van der Waals surface area contributed by atoms with Gasteiger partial charge >= 0.3 is 55.4 Å². The molecule has 0 aliphatic heterocycles. The lowest BCUT2D eigenvalue weighted by molar-refractivity contribution is -0.144. The number of ketones is 1. The number of hydrogen-bond donors (Lipinski definition) is 0. The summed E-state index contributed by atoms with van der Waals surface area (Å²) in [7, 11) is 0.0852. The standard InChI is InChI=1S/C32H12BF24.C15H21O3S/c34-25(35,36)13-1-14(26(37,38)39)6-21(5-13)33(22-7-15(27(40,41)42)2-16(8-22)28(43,44)45,23-9-17(29(46,47)48)3-18(10-23)30(49,50)51)24-11-19(31(52,53)54)4-20(12-24)32(55,56)57;1-15(2,3)18-14(17)12-8-6-11(7-9-12)13(16)10-19(4)5/h1-12H;6-9H,10H2,1-5H3/q-1;+1. The largest absolute Gasteiger partial charge is 0.456 e. The van der Waals surface area contributed by atoms with Crippen molar-refractivity contribution in [1.29, 1.82) is 0 Å². The van der Waals surface area contributed by atoms with Crippen LogP contribution in [-0.2, 0) is 65.0 Å². The maximum absolute atomic E-state index is 14.2. The van der Waals surface area contributed by atoms with Crippen LogP contribution in [0.3, 0.4) is 0 Å². The van der Waals surface area contributed by atoms with Gasteiger partial charge < -0.3 is 4.74 Å². The molecule has 0 N–H and O–H groups in total. The van der Waals surface area contributed by atoms with E-state index >= 15 is 0 Å². The summed E-state index contributed by atoms with van der Waals surface area (Å²) in [6.45, 7) is 5.48. The van der Waals surface area contributed by atoms with Crippen molar-refractivity contribution < 1.29 is 120 Å². The Bertz CT molecular complexity index is 2480. The van der Waals surface area contributed by atoms with Crippen molar-refractivity contribution in [1.82, 2.24) is 0 Å². The average Bonchev–Trinajstić information content (AvgIpc) is 3.23. The lowest BCUT2D eigenvalue weighted by atomic mass is 9.12. The molecule has 5 rings (SSSR count). The molecule has 0 spiro atoms. The summed E-state index contributed by atoms with van der Waals surface area (Å²) in [6.07, 6.45) is -50.7. The fraction of sp³-hybridized carbons (Fsp3) is 0.319. The molecule has 0 unspecified atom stereocenters. The maximum atomic E-state index is 14.2. The highest BCUT2D eigenvalue weighted by molar-refractivity contribution is 7.96. The Hall–Kier alpha value is -6.03. The Labute approximate surface area is 416 Å². The van der Waals surface area contributed by atoms with Gasteiger partial charge in [-0.25, -0.2) is 4.79 Å². The molecule has 0 aliphatic rings. The Kier molecular flexibility index (Phi) is 17.3. The highest BCUT2D eigenvalue weighted by Gasteiger charge is 2.47. The predicted octanol–water partition coefficient (Wildman–Crippen LogP) is 13.9. The predicted molar refractivity (Wildman–Crippen MR) is 230 cm³/mol. The van der Waals surface area contributed by atoms with E-state index in [0.29, 0.717) is 16.9 Å². The first-order valence-corrected chi connectivity index (χ1v) is 22.9. The molecule has 0 heterocycles. The van der Waals surface area contributed by atoms with Crippen LogP contribution in [0.2, 0.25) is 0 Å². The molecular formula is C47H33BF24O3S. The van der Waals surface area contributed by atoms with Gasteiger partial charge in [0.25, 0.3) is 0 Å². The van der Waals surface area contributed by atoms with Crippen LogP contribution in [0.5, 0.6) is 0 Å². The minimum atomic E-state index is -6.13. The third-order valence-electron chi connectivity index (χ3n) is 10.7. The van der Waals surface area contributed by atoms with Gasteiger partial charge in [0.2, 0.25) is 5.78 Å². The monoisotopic (exact) mass is 1140 g/mol. The van der Waals surface area contributed by atoms with Gasteiger partial charge in [-0.15, -0.1) is 0 Å². The Morgan fingerprint density at radius 2 is 0.566 bits per heavy atom. The van der Waals surface area contributed by atoms with E-state index in [2.05, 4.69) is 0 Å². The zero-order valence-corrected chi connectivity index (χ0v) is 39.5. The minimum absolute atomic E-state index is 0.0852. The summed E-state index contributed by atoms with van der Waals surface area (Å²) in [6, 6.07) is -2.15. The summed E-state index contributed by atoms with van der Waals surface area (Å²) in [5.41, 5.74) is -29.6. The molecule has 0 radical (unpaired) electrons. The van der Waals surface area contributed by atoms with Crippen LogP contribution in [0.25, 0.3) is 0 Å². The van der Waals surface area contributed by atoms with Gasteiger partial charge in [-0.1, -0.05) is 60.7 Å². The number of benzene rings is 5. The smallest absolute Gasteiger partial charge is 0.416 e. The summed E-state index contributed by atoms with van der Waals surface area (Å²) < 4.78 is 346. The number of halogens is 24. The number of carbonyl (C=O) groups is 2. The molecule has 0 saturated carbocycles. The third-order valence-corrected chi connectivity index (χ3v) is 11.5. The third kappa shape index (κ3) is 15.3. The molecule has 0 atom stereocenters. The molecule has 0 aromatic heterocycles. The molecule has 0 aliphatic carbocycles. The first-order chi connectivity index (χ1) is 33.9. The van der Waals surface area contributed by atoms with E-state index < -0.39 is 200 Å². The molecule has 0 bridgehead atoms. The van der Waals surface area contributed by atoms with Gasteiger partial charge in [0.1, 0.15) is 11.7 Å². The van der Waals surface area contributed by atoms with Crippen LogP contribution in [0.1, 0.15) is 86.0 Å². The van der Waals surface area contributed by atoms with Gasteiger partial charge in [-0.05, 0) is 68.1 Å². The number of hydrogen-bond acceptors (Lipinski definition) is 3. The number of carbonyl (C=O) groups excluding carboxylic acids is 2. The fourth-order valence-corrected chi connectivity index (χ4v) is 8.24. The SMILES string of the molecule is C[S+](C)CC(=O)c1ccc(C(=O)OC(C)(C)C)cc1.FC(F)(F)c1cc([B-](c2cc(C(F)(F)F)cc(C(F)(F)F)c2)(c2cc(C(F)(F)F)cc(C(F)(F)F)c2)c2cc(C(F)(F)F)cc(C(F)(F)F)c2)cc(C(F)(F)F)c1. The van der Waals surface area contributed by atoms with Crippen LogP contribution in [-0.4, -0.2) is 41.8 Å². The topological polar surface area (TPSA) is 43.4 Å². The highest BCUT2D eigenvalue weighted by Crippen LogP contribution is 2.41. The first-order valence-electron chi connectivity index (χ1n) is 20.7. The Balaban J connectivity index is 0.000000552. The average molecular weight is 1140 g/mol. The van der Waals surface area contributed by atoms with Gasteiger partial charge in [0.05, 0.1) is 62.6 Å². The van der Waals surface area contributed by atoms with Gasteiger partial charge in [-0.2, -0.15) is 127 Å². The lowest BCUT2D eigenvalue weighted by Gasteiger charge is -2.46. The first kappa shape index (κ1) is 62.5. The summed E-state index contributed by atoms with van der Waals surface area (Å²) in [5.74, 6) is 0.299. The van der Waals surface area contributed by atoms with E-state index in [1.807, 2.05) is 33.3 Å². The van der Waals surface area contributed by atoms with Crippen LogP contribution < -0.4 is 21.9 Å². The molecule has 0 amide bonds. The second-order valence-corrected chi connectivity index (χ2v) is 20.1. The summed E-state index contributed by atoms with van der Waals surface area (Å²) in [5, 5.41) is 0. The molecule has 0 fully saturated rings. The normalized spacial score (nSPS) is 13.6. The van der Waals surface area contributed by atoms with E-state index in [9.17, 15) is 115 Å². The number of rotatable bonds is 8. The molecular weight excluding hydrogens is 1110 g/mol. The van der Waals surface area contributed by atoms with E-state index in [1.54, 1.807) is 24.3 Å². The quantitative estimate of drug-likeness (QED) is 0.0511.